The lowest BCUT2D eigenvalue weighted by molar-refractivity contribution is 0.0526. The molecule has 0 bridgehead atoms. The Bertz CT molecular complexity index is 667. The first-order chi connectivity index (χ1) is 11.6. The number of benzene rings is 1. The van der Waals surface area contributed by atoms with Crippen LogP contribution in [0.2, 0.25) is 0 Å². The highest BCUT2D eigenvalue weighted by Gasteiger charge is 2.36. The van der Waals surface area contributed by atoms with Gasteiger partial charge in [0.05, 0.1) is 22.6 Å². The highest BCUT2D eigenvalue weighted by Crippen LogP contribution is 2.49. The molecule has 5 heteroatoms. The summed E-state index contributed by atoms with van der Waals surface area (Å²) in [4.78, 5) is 11.8. The predicted octanol–water partition coefficient (Wildman–Crippen LogP) is 4.69. The number of carbonyl (C=O) groups excluding carboxylic acids is 1. The first kappa shape index (κ1) is 19.8. The van der Waals surface area contributed by atoms with Crippen molar-refractivity contribution in [2.45, 2.75) is 65.0 Å². The molecule has 0 radical (unpaired) electrons. The Morgan fingerprint density at radius 3 is 2.24 bits per heavy atom. The molecule has 0 aromatic heterocycles. The molecule has 1 atom stereocenters. The Morgan fingerprint density at radius 2 is 1.76 bits per heavy atom. The van der Waals surface area contributed by atoms with Crippen molar-refractivity contribution < 1.29 is 13.7 Å². The van der Waals surface area contributed by atoms with E-state index in [-0.39, 0.29) is 10.7 Å². The van der Waals surface area contributed by atoms with E-state index in [1.54, 1.807) is 19.1 Å². The van der Waals surface area contributed by atoms with Gasteiger partial charge in [0, 0.05) is 0 Å². The minimum Gasteiger partial charge on any atom is -0.462 e. The van der Waals surface area contributed by atoms with Crippen LogP contribution in [0.1, 0.15) is 76.2 Å². The van der Waals surface area contributed by atoms with Crippen molar-refractivity contribution in [1.29, 1.82) is 0 Å². The van der Waals surface area contributed by atoms with Crippen LogP contribution in [0, 0.1) is 5.41 Å². The minimum absolute atomic E-state index is 0.323. The van der Waals surface area contributed by atoms with Crippen molar-refractivity contribution in [3.05, 3.63) is 35.4 Å². The lowest BCUT2D eigenvalue weighted by Crippen LogP contribution is -2.21. The summed E-state index contributed by atoms with van der Waals surface area (Å²) in [6.45, 7) is 10.2. The molecule has 1 aromatic rings. The lowest BCUT2D eigenvalue weighted by atomic mass is 9.97. The summed E-state index contributed by atoms with van der Waals surface area (Å²) in [6, 6.07) is 7.25. The molecule has 0 saturated heterocycles. The van der Waals surface area contributed by atoms with Crippen LogP contribution in [0.15, 0.2) is 28.7 Å². The van der Waals surface area contributed by atoms with Gasteiger partial charge in [-0.05, 0) is 76.5 Å². The summed E-state index contributed by atoms with van der Waals surface area (Å²) in [5.74, 6) is -0.323. The van der Waals surface area contributed by atoms with Crippen molar-refractivity contribution >= 4 is 22.7 Å². The average Bonchev–Trinajstić information content (AvgIpc) is 3.28. The number of hydrogen-bond acceptors (Lipinski definition) is 3. The van der Waals surface area contributed by atoms with Gasteiger partial charge in [-0.15, -0.1) is 0 Å². The molecule has 1 aliphatic rings. The van der Waals surface area contributed by atoms with Gasteiger partial charge in [0.15, 0.2) is 0 Å². The van der Waals surface area contributed by atoms with Gasteiger partial charge in [-0.3, -0.25) is 0 Å². The van der Waals surface area contributed by atoms with Crippen molar-refractivity contribution in [3.63, 3.8) is 0 Å². The summed E-state index contributed by atoms with van der Waals surface area (Å²) in [5.41, 5.74) is 2.72. The van der Waals surface area contributed by atoms with Gasteiger partial charge in [-0.2, -0.15) is 4.40 Å². The molecule has 4 nitrogen and oxygen atoms in total. The number of rotatable bonds is 7. The highest BCUT2D eigenvalue weighted by atomic mass is 32.2. The van der Waals surface area contributed by atoms with Gasteiger partial charge < -0.3 is 4.74 Å². The standard InChI is InChI=1S/C20H29NO3S/c1-6-24-18(22)16-9-7-15(8-10-16)17(11-12-20(5)13-14-20)21-25(23)19(2,3)4/h7-10H,6,11-14H2,1-5H3/t25-/m1/s1. The van der Waals surface area contributed by atoms with E-state index in [0.29, 0.717) is 17.6 Å². The zero-order valence-corrected chi connectivity index (χ0v) is 16.7. The van der Waals surface area contributed by atoms with E-state index in [0.717, 1.165) is 24.1 Å². The largest absolute Gasteiger partial charge is 0.462 e. The fourth-order valence-electron chi connectivity index (χ4n) is 2.38. The van der Waals surface area contributed by atoms with Crippen LogP contribution in [-0.4, -0.2) is 27.2 Å². The Hall–Kier alpha value is -1.49. The van der Waals surface area contributed by atoms with Crippen molar-refractivity contribution in [2.24, 2.45) is 9.81 Å². The third-order valence-electron chi connectivity index (χ3n) is 4.52. The van der Waals surface area contributed by atoms with Crippen LogP contribution in [-0.2, 0) is 15.7 Å². The third-order valence-corrected chi connectivity index (χ3v) is 5.95. The molecule has 0 aliphatic heterocycles. The molecule has 1 saturated carbocycles. The Kier molecular flexibility index (Phi) is 6.20. The molecule has 138 valence electrons. The molecule has 25 heavy (non-hydrogen) atoms. The van der Waals surface area contributed by atoms with E-state index in [1.165, 1.54) is 12.8 Å². The topological polar surface area (TPSA) is 55.7 Å². The van der Waals surface area contributed by atoms with E-state index in [1.807, 2.05) is 32.9 Å². The quantitative estimate of drug-likeness (QED) is 0.521. The maximum absolute atomic E-state index is 12.5. The molecule has 1 fully saturated rings. The van der Waals surface area contributed by atoms with Crippen molar-refractivity contribution in [1.82, 2.24) is 0 Å². The van der Waals surface area contributed by atoms with E-state index in [2.05, 4.69) is 11.3 Å². The maximum Gasteiger partial charge on any atom is 0.338 e. The Balaban J connectivity index is 2.23. The van der Waals surface area contributed by atoms with Gasteiger partial charge in [0.1, 0.15) is 11.0 Å². The zero-order valence-electron chi connectivity index (χ0n) is 15.9. The second-order valence-corrected chi connectivity index (χ2v) is 9.91. The van der Waals surface area contributed by atoms with Crippen LogP contribution in [0.25, 0.3) is 0 Å². The second-order valence-electron chi connectivity index (χ2n) is 8.01. The van der Waals surface area contributed by atoms with E-state index in [4.69, 9.17) is 4.74 Å². The SMILES string of the molecule is CCOC(=O)c1ccc(C(CCC2(C)CC2)=N[S@](=O)C(C)(C)C)cc1. The smallest absolute Gasteiger partial charge is 0.338 e. The average molecular weight is 364 g/mol. The van der Waals surface area contributed by atoms with Gasteiger partial charge in [0.2, 0.25) is 0 Å². The Morgan fingerprint density at radius 1 is 1.20 bits per heavy atom. The molecule has 1 aromatic carbocycles. The molecule has 0 amide bonds. The van der Waals surface area contributed by atoms with Gasteiger partial charge in [-0.25, -0.2) is 9.00 Å². The van der Waals surface area contributed by atoms with E-state index in [9.17, 15) is 9.00 Å². The van der Waals surface area contributed by atoms with Crippen molar-refractivity contribution in [2.75, 3.05) is 6.61 Å². The van der Waals surface area contributed by atoms with E-state index >= 15 is 0 Å². The molecular weight excluding hydrogens is 334 g/mol. The number of nitrogens with zero attached hydrogens (tertiary/aromatic N) is 1. The van der Waals surface area contributed by atoms with Gasteiger partial charge in [-0.1, -0.05) is 19.1 Å². The fraction of sp³-hybridized carbons (Fsp3) is 0.600. The van der Waals surface area contributed by atoms with Crippen LogP contribution in [0.3, 0.4) is 0 Å². The van der Waals surface area contributed by atoms with Crippen LogP contribution >= 0.6 is 0 Å². The first-order valence-electron chi connectivity index (χ1n) is 8.92. The highest BCUT2D eigenvalue weighted by molar-refractivity contribution is 7.85. The maximum atomic E-state index is 12.5. The number of ether oxygens (including phenoxy) is 1. The molecular formula is C20H29NO3S. The molecule has 0 spiro atoms. The van der Waals surface area contributed by atoms with Crippen LogP contribution in [0.5, 0.6) is 0 Å². The summed E-state index contributed by atoms with van der Waals surface area (Å²) in [5, 5.41) is 0. The predicted molar refractivity (Wildman–Crippen MR) is 103 cm³/mol. The monoisotopic (exact) mass is 363 g/mol. The van der Waals surface area contributed by atoms with Gasteiger partial charge in [0.25, 0.3) is 0 Å². The van der Waals surface area contributed by atoms with Crippen LogP contribution < -0.4 is 0 Å². The molecule has 0 unspecified atom stereocenters. The summed E-state index contributed by atoms with van der Waals surface area (Å²) in [7, 11) is -1.30. The molecule has 0 N–H and O–H groups in total. The summed E-state index contributed by atoms with van der Waals surface area (Å²) in [6.07, 6.45) is 4.36. The zero-order chi connectivity index (χ0) is 18.7. The fourth-order valence-corrected chi connectivity index (χ4v) is 3.05. The van der Waals surface area contributed by atoms with Gasteiger partial charge >= 0.3 is 5.97 Å². The first-order valence-corrected chi connectivity index (χ1v) is 10.0. The minimum atomic E-state index is -1.30. The number of esters is 1. The lowest BCUT2D eigenvalue weighted by Gasteiger charge is -2.16. The number of hydrogen-bond donors (Lipinski definition) is 0. The van der Waals surface area contributed by atoms with Crippen molar-refractivity contribution in [3.8, 4) is 0 Å². The molecule has 0 heterocycles. The normalized spacial score (nSPS) is 17.9. The Labute approximate surface area is 153 Å². The van der Waals surface area contributed by atoms with E-state index < -0.39 is 11.0 Å². The summed E-state index contributed by atoms with van der Waals surface area (Å²) < 4.78 is 21.7. The molecule has 1 aliphatic carbocycles. The van der Waals surface area contributed by atoms with Crippen LogP contribution in [0.4, 0.5) is 0 Å². The number of carbonyl (C=O) groups is 1. The molecule has 2 rings (SSSR count). The third kappa shape index (κ3) is 5.77. The summed E-state index contributed by atoms with van der Waals surface area (Å²) >= 11 is 0. The second kappa shape index (κ2) is 7.81.